The first-order valence-corrected chi connectivity index (χ1v) is 22.9. The van der Waals surface area contributed by atoms with Crippen LogP contribution in [-0.2, 0) is 10.8 Å². The fourth-order valence-corrected chi connectivity index (χ4v) is 13.8. The Balaban J connectivity index is 1.08. The zero-order valence-electron chi connectivity index (χ0n) is 35.8. The van der Waals surface area contributed by atoms with E-state index in [1.165, 1.54) is 93.7 Å². The first kappa shape index (κ1) is 35.7. The van der Waals surface area contributed by atoms with Crippen molar-refractivity contribution in [2.75, 3.05) is 14.7 Å². The van der Waals surface area contributed by atoms with Crippen LogP contribution in [0.5, 0.6) is 0 Å². The topological polar surface area (TPSA) is 9.72 Å². The highest BCUT2D eigenvalue weighted by molar-refractivity contribution is 7.00. The van der Waals surface area contributed by atoms with Crippen molar-refractivity contribution < 1.29 is 0 Å². The van der Waals surface area contributed by atoms with Gasteiger partial charge in [-0.15, -0.1) is 0 Å². The molecule has 7 aliphatic rings. The third-order valence-corrected chi connectivity index (χ3v) is 16.0. The number of aryl methyl sites for hydroxylation is 1. The molecule has 298 valence electrons. The molecule has 4 bridgehead atoms. The second kappa shape index (κ2) is 12.8. The maximum Gasteiger partial charge on any atom is 0.252 e. The van der Waals surface area contributed by atoms with Gasteiger partial charge in [-0.25, -0.2) is 0 Å². The Hall–Kier alpha value is -6.00. The molecule has 7 aromatic carbocycles. The fourth-order valence-electron chi connectivity index (χ4n) is 13.8. The van der Waals surface area contributed by atoms with E-state index < -0.39 is 0 Å². The van der Waals surface area contributed by atoms with E-state index in [2.05, 4.69) is 200 Å². The lowest BCUT2D eigenvalue weighted by Crippen LogP contribution is -2.64. The van der Waals surface area contributed by atoms with E-state index >= 15 is 0 Å². The predicted octanol–water partition coefficient (Wildman–Crippen LogP) is 12.9. The summed E-state index contributed by atoms with van der Waals surface area (Å²) < 4.78 is 0. The number of nitrogens with zero attached hydrogens (tertiary/aromatic N) is 3. The average molecular weight is 790 g/mol. The molecule has 0 N–H and O–H groups in total. The molecule has 14 rings (SSSR count). The molecule has 0 amide bonds. The maximum absolute atomic E-state index is 2.71. The molecule has 0 unspecified atom stereocenters. The van der Waals surface area contributed by atoms with Crippen LogP contribution in [0.1, 0.15) is 75.1 Å². The van der Waals surface area contributed by atoms with E-state index in [4.69, 9.17) is 0 Å². The van der Waals surface area contributed by atoms with Crippen LogP contribution in [-0.4, -0.2) is 6.71 Å². The van der Waals surface area contributed by atoms with Crippen molar-refractivity contribution in [3.8, 4) is 0 Å². The number of benzene rings is 7. The molecule has 1 spiro atoms. The Morgan fingerprint density at radius 3 is 1.89 bits per heavy atom. The van der Waals surface area contributed by atoms with Crippen LogP contribution in [0.25, 0.3) is 0 Å². The molecule has 0 aromatic heterocycles. The van der Waals surface area contributed by atoms with Gasteiger partial charge in [-0.1, -0.05) is 112 Å². The van der Waals surface area contributed by atoms with Crippen LogP contribution in [0, 0.1) is 30.6 Å². The average Bonchev–Trinajstić information content (AvgIpc) is 3.27. The monoisotopic (exact) mass is 789 g/mol. The summed E-state index contributed by atoms with van der Waals surface area (Å²) in [7, 11) is 0. The first-order valence-electron chi connectivity index (χ1n) is 22.9. The van der Waals surface area contributed by atoms with E-state index in [-0.39, 0.29) is 17.5 Å². The van der Waals surface area contributed by atoms with Gasteiger partial charge in [-0.05, 0) is 173 Å². The highest BCUT2D eigenvalue weighted by atomic mass is 15.2. The number of para-hydroxylation sites is 3. The molecular weight excluding hydrogens is 737 g/mol. The summed E-state index contributed by atoms with van der Waals surface area (Å²) in [5.41, 5.74) is 21.5. The van der Waals surface area contributed by atoms with E-state index in [0.29, 0.717) is 11.8 Å². The molecule has 61 heavy (non-hydrogen) atoms. The van der Waals surface area contributed by atoms with Gasteiger partial charge in [0, 0.05) is 50.9 Å². The lowest BCUT2D eigenvalue weighted by Gasteiger charge is -2.64. The van der Waals surface area contributed by atoms with Gasteiger partial charge >= 0.3 is 0 Å². The summed E-state index contributed by atoms with van der Waals surface area (Å²) in [6, 6.07) is 60.8. The largest absolute Gasteiger partial charge is 0.311 e. The summed E-state index contributed by atoms with van der Waals surface area (Å²) in [6.45, 7) is 9.20. The summed E-state index contributed by atoms with van der Waals surface area (Å²) in [4.78, 5) is 7.71. The lowest BCUT2D eigenvalue weighted by molar-refractivity contribution is -0.0419. The van der Waals surface area contributed by atoms with E-state index in [0.717, 1.165) is 28.9 Å². The SMILES string of the molecule is Cc1cccc(N(c2ccccc2)c2ccc3c(c2)N(c2ccc(C(C)(C)C)cc2)c2cccc4c2B3c2cccc3c2N4c2ccccc2C32C3CC4CC(C3)CC2C4)c1. The first-order chi connectivity index (χ1) is 29.8. The number of anilines is 9. The van der Waals surface area contributed by atoms with Crippen LogP contribution in [0.3, 0.4) is 0 Å². The second-order valence-corrected chi connectivity index (χ2v) is 20.3. The van der Waals surface area contributed by atoms with Gasteiger partial charge in [0.25, 0.3) is 6.71 Å². The quantitative estimate of drug-likeness (QED) is 0.164. The minimum absolute atomic E-state index is 0.0597. The number of rotatable bonds is 4. The van der Waals surface area contributed by atoms with Gasteiger partial charge in [-0.3, -0.25) is 0 Å². The normalized spacial score (nSPS) is 23.4. The van der Waals surface area contributed by atoms with Crippen molar-refractivity contribution in [3.63, 3.8) is 0 Å². The molecule has 4 aliphatic carbocycles. The van der Waals surface area contributed by atoms with E-state index in [1.807, 2.05) is 0 Å². The minimum atomic E-state index is 0.0597. The summed E-state index contributed by atoms with van der Waals surface area (Å²) in [5, 5.41) is 0. The van der Waals surface area contributed by atoms with Gasteiger partial charge in [0.15, 0.2) is 0 Å². The summed E-state index contributed by atoms with van der Waals surface area (Å²) in [5.74, 6) is 3.20. The minimum Gasteiger partial charge on any atom is -0.311 e. The van der Waals surface area contributed by atoms with Gasteiger partial charge in [0.1, 0.15) is 0 Å². The molecular formula is C57H52BN3. The molecule has 3 nitrogen and oxygen atoms in total. The summed E-state index contributed by atoms with van der Waals surface area (Å²) >= 11 is 0. The zero-order chi connectivity index (χ0) is 40.8. The third kappa shape index (κ3) is 4.94. The molecule has 0 saturated heterocycles. The highest BCUT2D eigenvalue weighted by Gasteiger charge is 2.62. The number of fused-ring (bicyclic) bond motifs is 6. The standard InChI is InChI=1S/C57H52BN3/c1-36-13-10-16-44(29-36)59(42-14-6-5-7-15-42)45-27-28-48-53(35-45)60(43-25-23-39(24-26-43)56(2,3)4)51-21-12-22-52-54(51)58(48)49-19-11-18-47-55(49)61(52)50-20-9-8-17-46(50)57(47)40-31-37-30-38(33-40)34-41(57)32-37/h5-29,35,37-38,40-41H,30-34H2,1-4H3. The van der Waals surface area contributed by atoms with Gasteiger partial charge < -0.3 is 14.7 Å². The van der Waals surface area contributed by atoms with Crippen molar-refractivity contribution in [1.82, 2.24) is 0 Å². The molecule has 4 saturated carbocycles. The van der Waals surface area contributed by atoms with Crippen molar-refractivity contribution in [3.05, 3.63) is 180 Å². The Morgan fingerprint density at radius 1 is 0.525 bits per heavy atom. The van der Waals surface area contributed by atoms with Crippen LogP contribution in [0.4, 0.5) is 51.2 Å². The van der Waals surface area contributed by atoms with Crippen molar-refractivity contribution in [1.29, 1.82) is 0 Å². The Kier molecular flexibility index (Phi) is 7.48. The molecule has 7 aromatic rings. The Morgan fingerprint density at radius 2 is 1.15 bits per heavy atom. The third-order valence-electron chi connectivity index (χ3n) is 16.0. The smallest absolute Gasteiger partial charge is 0.252 e. The number of hydrogen-bond donors (Lipinski definition) is 0. The lowest BCUT2D eigenvalue weighted by atomic mass is 9.32. The summed E-state index contributed by atoms with van der Waals surface area (Å²) in [6.07, 6.45) is 6.97. The molecule has 0 radical (unpaired) electrons. The van der Waals surface area contributed by atoms with E-state index in [9.17, 15) is 0 Å². The van der Waals surface area contributed by atoms with Crippen molar-refractivity contribution >= 4 is 74.3 Å². The second-order valence-electron chi connectivity index (χ2n) is 20.3. The zero-order valence-corrected chi connectivity index (χ0v) is 35.8. The van der Waals surface area contributed by atoms with E-state index in [1.54, 1.807) is 11.1 Å². The number of hydrogen-bond acceptors (Lipinski definition) is 3. The highest BCUT2D eigenvalue weighted by Crippen LogP contribution is 2.69. The van der Waals surface area contributed by atoms with Crippen LogP contribution < -0.4 is 31.1 Å². The fraction of sp³-hybridized carbons (Fsp3) is 0.263. The molecule has 4 fully saturated rings. The van der Waals surface area contributed by atoms with Gasteiger partial charge in [0.2, 0.25) is 0 Å². The molecule has 0 atom stereocenters. The molecule has 3 aliphatic heterocycles. The van der Waals surface area contributed by atoms with Crippen LogP contribution in [0.2, 0.25) is 0 Å². The Bertz CT molecular complexity index is 2880. The van der Waals surface area contributed by atoms with Gasteiger partial charge in [-0.2, -0.15) is 0 Å². The van der Waals surface area contributed by atoms with Crippen LogP contribution in [0.15, 0.2) is 158 Å². The molecule has 4 heteroatoms. The molecule has 3 heterocycles. The maximum atomic E-state index is 2.71. The van der Waals surface area contributed by atoms with Crippen molar-refractivity contribution in [2.45, 2.75) is 70.6 Å². The predicted molar refractivity (Wildman–Crippen MR) is 256 cm³/mol. The van der Waals surface area contributed by atoms with Gasteiger partial charge in [0.05, 0.1) is 5.69 Å². The van der Waals surface area contributed by atoms with Crippen LogP contribution >= 0.6 is 0 Å². The Labute approximate surface area is 361 Å². The van der Waals surface area contributed by atoms with Crippen molar-refractivity contribution in [2.24, 2.45) is 23.7 Å².